The van der Waals surface area contributed by atoms with E-state index < -0.39 is 23.8 Å². The first kappa shape index (κ1) is 28.7. The molecule has 0 heterocycles. The minimum atomic E-state index is -1.17. The zero-order valence-corrected chi connectivity index (χ0v) is 20.3. The Bertz CT molecular complexity index is 992. The predicted octanol–water partition coefficient (Wildman–Crippen LogP) is 5.52. The average Bonchev–Trinajstić information content (AvgIpc) is 2.73. The molecule has 0 aliphatic carbocycles. The van der Waals surface area contributed by atoms with Crippen molar-refractivity contribution in [3.8, 4) is 11.5 Å². The van der Waals surface area contributed by atoms with E-state index in [4.69, 9.17) is 5.11 Å². The first-order chi connectivity index (χ1) is 15.9. The monoisotopic (exact) mass is 472 g/mol. The lowest BCUT2D eigenvalue weighted by Gasteiger charge is -2.08. The Morgan fingerprint density at radius 1 is 0.912 bits per heavy atom. The Morgan fingerprint density at radius 3 is 2.06 bits per heavy atom. The molecule has 0 radical (unpaired) electrons. The fourth-order valence-corrected chi connectivity index (χ4v) is 3.39. The van der Waals surface area contributed by atoms with E-state index in [1.165, 1.54) is 6.07 Å². The molecule has 1 aromatic carbocycles. The molecule has 34 heavy (non-hydrogen) atoms. The molecule has 0 unspecified atom stereocenters. The zero-order valence-electron chi connectivity index (χ0n) is 20.3. The van der Waals surface area contributed by atoms with Gasteiger partial charge >= 0.3 is 11.9 Å². The van der Waals surface area contributed by atoms with Gasteiger partial charge in [0.1, 0.15) is 0 Å². The number of allylic oxidation sites excluding steroid dienone is 6. The maximum Gasteiger partial charge on any atom is 0.335 e. The summed E-state index contributed by atoms with van der Waals surface area (Å²) in [5, 5.41) is 48.1. The quantitative estimate of drug-likeness (QED) is 0.145. The maximum atomic E-state index is 11.4. The lowest BCUT2D eigenvalue weighted by molar-refractivity contribution is -0.133. The molecule has 0 bridgehead atoms. The van der Waals surface area contributed by atoms with Crippen molar-refractivity contribution in [2.45, 2.75) is 72.3 Å². The lowest BCUT2D eigenvalue weighted by Crippen LogP contribution is -2.10. The van der Waals surface area contributed by atoms with Crippen molar-refractivity contribution >= 4 is 11.9 Å². The molecule has 7 heteroatoms. The number of aliphatic carboxylic acids is 1. The van der Waals surface area contributed by atoms with E-state index in [0.29, 0.717) is 24.8 Å². The van der Waals surface area contributed by atoms with Gasteiger partial charge in [-0.15, -0.1) is 0 Å². The number of phenolic OH excluding ortho intramolecular Hbond substituents is 2. The van der Waals surface area contributed by atoms with Gasteiger partial charge in [0.25, 0.3) is 0 Å². The van der Waals surface area contributed by atoms with E-state index in [1.54, 1.807) is 12.2 Å². The number of hydrogen-bond donors (Lipinski definition) is 5. The Hall–Kier alpha value is -3.32. The van der Waals surface area contributed by atoms with Crippen LogP contribution in [0, 0.1) is 0 Å². The van der Waals surface area contributed by atoms with Gasteiger partial charge in [0.2, 0.25) is 0 Å². The van der Waals surface area contributed by atoms with Crippen LogP contribution in [0.5, 0.6) is 11.5 Å². The highest BCUT2D eigenvalue weighted by atomic mass is 16.4. The van der Waals surface area contributed by atoms with E-state index in [0.717, 1.165) is 35.6 Å². The lowest BCUT2D eigenvalue weighted by atomic mass is 10.0. The summed E-state index contributed by atoms with van der Waals surface area (Å²) in [5.41, 5.74) is 3.60. The summed E-state index contributed by atoms with van der Waals surface area (Å²) in [6, 6.07) is 2.37. The third-order valence-corrected chi connectivity index (χ3v) is 5.28. The number of aromatic hydroxyl groups is 2. The molecule has 1 atom stereocenters. The fourth-order valence-electron chi connectivity index (χ4n) is 3.39. The number of carboxylic acids is 2. The molecule has 0 saturated carbocycles. The van der Waals surface area contributed by atoms with E-state index in [-0.39, 0.29) is 23.3 Å². The third kappa shape index (κ3) is 10.5. The van der Waals surface area contributed by atoms with Crippen LogP contribution >= 0.6 is 0 Å². The van der Waals surface area contributed by atoms with Crippen LogP contribution in [0.4, 0.5) is 0 Å². The molecule has 0 aromatic heterocycles. The summed E-state index contributed by atoms with van der Waals surface area (Å²) in [5.74, 6) is -2.96. The van der Waals surface area contributed by atoms with Gasteiger partial charge in [0.05, 0.1) is 11.7 Å². The van der Waals surface area contributed by atoms with Crippen molar-refractivity contribution in [2.75, 3.05) is 0 Å². The zero-order chi connectivity index (χ0) is 25.8. The summed E-state index contributed by atoms with van der Waals surface area (Å²) in [6.07, 6.45) is 9.72. The Labute approximate surface area is 201 Å². The number of carbonyl (C=O) groups is 2. The summed E-state index contributed by atoms with van der Waals surface area (Å²) in [4.78, 5) is 22.5. The largest absolute Gasteiger partial charge is 0.504 e. The number of benzene rings is 1. The predicted molar refractivity (Wildman–Crippen MR) is 132 cm³/mol. The molecule has 0 amide bonds. The van der Waals surface area contributed by atoms with Crippen molar-refractivity contribution in [3.05, 3.63) is 69.9 Å². The second-order valence-corrected chi connectivity index (χ2v) is 8.74. The van der Waals surface area contributed by atoms with Crippen LogP contribution in [-0.2, 0) is 11.2 Å². The third-order valence-electron chi connectivity index (χ3n) is 5.28. The molecule has 5 N–H and O–H groups in total. The number of carboxylic acid groups (broad SMARTS) is 2. The number of hydrogen-bond acceptors (Lipinski definition) is 5. The van der Waals surface area contributed by atoms with E-state index in [2.05, 4.69) is 6.08 Å². The molecule has 0 saturated heterocycles. The number of rotatable bonds is 13. The van der Waals surface area contributed by atoms with Crippen LogP contribution in [0.25, 0.3) is 0 Å². The molecule has 0 aliphatic heterocycles. The van der Waals surface area contributed by atoms with Gasteiger partial charge in [0, 0.05) is 17.6 Å². The van der Waals surface area contributed by atoms with Crippen molar-refractivity contribution in [3.63, 3.8) is 0 Å². The number of aliphatic hydroxyl groups excluding tert-OH is 1. The molecule has 186 valence electrons. The number of aromatic carboxylic acids is 1. The van der Waals surface area contributed by atoms with Gasteiger partial charge in [-0.1, -0.05) is 41.0 Å². The Morgan fingerprint density at radius 2 is 1.50 bits per heavy atom. The first-order valence-corrected chi connectivity index (χ1v) is 11.3. The standard InChI is InChI=1S/C27H36O7/c1-17(2)13-23(28)15-21(26(31)32)10-6-9-18(3)7-5-8-19(4)11-12-20-14-22(27(33)34)16-24(29)25(20)30/h7,10-11,13-14,16,23,28-30H,5-6,8-9,12,15H2,1-4H3,(H,31,32)(H,33,34)/t23-/m0/s1. The molecular formula is C27H36O7. The highest BCUT2D eigenvalue weighted by molar-refractivity contribution is 5.89. The molecule has 7 nitrogen and oxygen atoms in total. The van der Waals surface area contributed by atoms with Crippen LogP contribution < -0.4 is 0 Å². The Kier molecular flexibility index (Phi) is 11.9. The summed E-state index contributed by atoms with van der Waals surface area (Å²) >= 11 is 0. The average molecular weight is 473 g/mol. The molecule has 0 aliphatic rings. The topological polar surface area (TPSA) is 135 Å². The van der Waals surface area contributed by atoms with Crippen molar-refractivity contribution in [1.29, 1.82) is 0 Å². The number of aliphatic hydroxyl groups is 1. The molecule has 1 aromatic rings. The highest BCUT2D eigenvalue weighted by Crippen LogP contribution is 2.31. The minimum Gasteiger partial charge on any atom is -0.504 e. The normalized spacial score (nSPS) is 13.5. The van der Waals surface area contributed by atoms with E-state index >= 15 is 0 Å². The summed E-state index contributed by atoms with van der Waals surface area (Å²) in [7, 11) is 0. The minimum absolute atomic E-state index is 0.0793. The molecule has 0 spiro atoms. The van der Waals surface area contributed by atoms with Gasteiger partial charge in [-0.25, -0.2) is 9.59 Å². The Balaban J connectivity index is 2.61. The SMILES string of the molecule is CC(C)=C[C@H](O)CC(=CCCC(C)=CCCC(C)=CCc1cc(C(=O)O)cc(O)c1O)C(=O)O. The second-order valence-electron chi connectivity index (χ2n) is 8.74. The van der Waals surface area contributed by atoms with Crippen LogP contribution in [-0.4, -0.2) is 43.6 Å². The summed E-state index contributed by atoms with van der Waals surface area (Å²) in [6.45, 7) is 7.64. The van der Waals surface area contributed by atoms with Crippen molar-refractivity contribution in [1.82, 2.24) is 0 Å². The van der Waals surface area contributed by atoms with Crippen LogP contribution in [0.3, 0.4) is 0 Å². The van der Waals surface area contributed by atoms with Crippen LogP contribution in [0.15, 0.2) is 58.7 Å². The first-order valence-electron chi connectivity index (χ1n) is 11.3. The van der Waals surface area contributed by atoms with Crippen LogP contribution in [0.1, 0.15) is 75.7 Å². The van der Waals surface area contributed by atoms with E-state index in [9.17, 15) is 30.0 Å². The molecule has 1 rings (SSSR count). The summed E-state index contributed by atoms with van der Waals surface area (Å²) < 4.78 is 0. The second kappa shape index (κ2) is 14.1. The van der Waals surface area contributed by atoms with E-state index in [1.807, 2.05) is 33.8 Å². The smallest absolute Gasteiger partial charge is 0.335 e. The van der Waals surface area contributed by atoms with Gasteiger partial charge in [0.15, 0.2) is 11.5 Å². The van der Waals surface area contributed by atoms with Gasteiger partial charge in [-0.05, 0) is 71.9 Å². The maximum absolute atomic E-state index is 11.4. The van der Waals surface area contributed by atoms with Gasteiger partial charge < -0.3 is 25.5 Å². The van der Waals surface area contributed by atoms with Gasteiger partial charge in [-0.3, -0.25) is 0 Å². The molecular weight excluding hydrogens is 436 g/mol. The van der Waals surface area contributed by atoms with Gasteiger partial charge in [-0.2, -0.15) is 0 Å². The van der Waals surface area contributed by atoms with Crippen LogP contribution in [0.2, 0.25) is 0 Å². The molecule has 0 fully saturated rings. The fraction of sp³-hybridized carbons (Fsp3) is 0.407. The van der Waals surface area contributed by atoms with Crippen molar-refractivity contribution < 1.29 is 35.1 Å². The highest BCUT2D eigenvalue weighted by Gasteiger charge is 2.13. The number of phenols is 2. The van der Waals surface area contributed by atoms with Crippen molar-refractivity contribution in [2.24, 2.45) is 0 Å².